The van der Waals surface area contributed by atoms with Crippen LogP contribution >= 0.6 is 0 Å². The van der Waals surface area contributed by atoms with Gasteiger partial charge in [0.1, 0.15) is 6.61 Å². The fourth-order valence-corrected chi connectivity index (χ4v) is 5.61. The zero-order valence-corrected chi connectivity index (χ0v) is 31.2. The molecular weight excluding hydrogens is 594 g/mol. The monoisotopic (exact) mass is 669 g/mol. The first-order valence-corrected chi connectivity index (χ1v) is 19.2. The molecule has 0 aromatic heterocycles. The third kappa shape index (κ3) is 29.9. The van der Waals surface area contributed by atoms with Gasteiger partial charge in [0, 0.05) is 19.3 Å². The van der Waals surface area contributed by atoms with Crippen molar-refractivity contribution in [3.63, 3.8) is 0 Å². The van der Waals surface area contributed by atoms with Crippen molar-refractivity contribution in [2.75, 3.05) is 41.0 Å². The molecule has 0 amide bonds. The lowest BCUT2D eigenvalue weighted by molar-refractivity contribution is -0.887. The van der Waals surface area contributed by atoms with Crippen molar-refractivity contribution in [3.05, 3.63) is 12.2 Å². The Morgan fingerprint density at radius 1 is 0.617 bits per heavy atom. The van der Waals surface area contributed by atoms with E-state index >= 15 is 0 Å². The average molecular weight is 669 g/mol. The van der Waals surface area contributed by atoms with Crippen LogP contribution in [0.3, 0.4) is 0 Å². The third-order valence-corrected chi connectivity index (χ3v) is 8.66. The van der Waals surface area contributed by atoms with Crippen molar-refractivity contribution >= 4 is 17.9 Å². The second kappa shape index (κ2) is 31.3. The summed E-state index contributed by atoms with van der Waals surface area (Å²) in [5.74, 6) is -1.48. The topological polar surface area (TPSA) is 99.1 Å². The minimum absolute atomic E-state index is 0.0522. The summed E-state index contributed by atoms with van der Waals surface area (Å²) in [7, 11) is 5.51. The van der Waals surface area contributed by atoms with E-state index in [0.29, 0.717) is 19.3 Å². The van der Waals surface area contributed by atoms with Crippen LogP contribution in [0.2, 0.25) is 0 Å². The van der Waals surface area contributed by atoms with Gasteiger partial charge < -0.3 is 23.8 Å². The predicted molar refractivity (Wildman–Crippen MR) is 192 cm³/mol. The van der Waals surface area contributed by atoms with Crippen LogP contribution in [0.1, 0.15) is 168 Å². The lowest BCUT2D eigenvalue weighted by atomic mass is 10.1. The first-order chi connectivity index (χ1) is 22.6. The molecule has 0 radical (unpaired) electrons. The number of carboxylic acid groups (broad SMARTS) is 1. The van der Waals surface area contributed by atoms with Crippen LogP contribution in [0.25, 0.3) is 0 Å². The molecule has 8 heteroatoms. The standard InChI is InChI=1S/C39H73NO7/c1-6-8-10-12-14-16-18-19-20-22-24-26-28-30-38(42)47-35(33-45-32-31-36(39(43)44)40(3,4)5)34-46-37(41)29-27-25-23-21-17-15-13-11-9-7-2/h19-20,35-36H,6-18,21-34H2,1-5H3/p+1/b20-19+. The fraction of sp³-hybridized carbons (Fsp3) is 0.872. The van der Waals surface area contributed by atoms with Crippen LogP contribution in [0, 0.1) is 0 Å². The molecule has 2 unspecified atom stereocenters. The Morgan fingerprint density at radius 2 is 1.06 bits per heavy atom. The molecule has 0 aliphatic carbocycles. The molecular formula is C39H74NO7+. The van der Waals surface area contributed by atoms with Crippen LogP contribution in [0.4, 0.5) is 0 Å². The maximum Gasteiger partial charge on any atom is 0.362 e. The van der Waals surface area contributed by atoms with E-state index in [2.05, 4.69) is 26.0 Å². The van der Waals surface area contributed by atoms with E-state index in [4.69, 9.17) is 14.2 Å². The third-order valence-electron chi connectivity index (χ3n) is 8.66. The highest BCUT2D eigenvalue weighted by Gasteiger charge is 2.31. The van der Waals surface area contributed by atoms with Gasteiger partial charge in [-0.3, -0.25) is 9.59 Å². The summed E-state index contributed by atoms with van der Waals surface area (Å²) in [6, 6.07) is -0.611. The number of hydrogen-bond donors (Lipinski definition) is 1. The normalized spacial score (nSPS) is 13.1. The predicted octanol–water partition coefficient (Wildman–Crippen LogP) is 9.58. The van der Waals surface area contributed by atoms with E-state index in [9.17, 15) is 19.5 Å². The average Bonchev–Trinajstić information content (AvgIpc) is 3.01. The van der Waals surface area contributed by atoms with Crippen molar-refractivity contribution in [2.24, 2.45) is 0 Å². The number of rotatable bonds is 34. The minimum Gasteiger partial charge on any atom is -0.477 e. The molecule has 0 aliphatic rings. The number of allylic oxidation sites excluding steroid dienone is 2. The van der Waals surface area contributed by atoms with E-state index in [1.807, 2.05) is 21.1 Å². The number of esters is 2. The van der Waals surface area contributed by atoms with Gasteiger partial charge in [-0.2, -0.15) is 0 Å². The molecule has 0 fully saturated rings. The maximum absolute atomic E-state index is 12.6. The summed E-state index contributed by atoms with van der Waals surface area (Å²) in [6.45, 7) is 4.69. The number of nitrogens with zero attached hydrogens (tertiary/aromatic N) is 1. The molecule has 1 N–H and O–H groups in total. The molecule has 0 aliphatic heterocycles. The number of carbonyl (C=O) groups excluding carboxylic acids is 2. The van der Waals surface area contributed by atoms with Gasteiger partial charge in [0.15, 0.2) is 12.1 Å². The second-order valence-electron chi connectivity index (χ2n) is 14.2. The van der Waals surface area contributed by atoms with Gasteiger partial charge in [0.25, 0.3) is 0 Å². The van der Waals surface area contributed by atoms with Crippen molar-refractivity contribution in [3.8, 4) is 0 Å². The maximum atomic E-state index is 12.6. The molecule has 0 rings (SSSR count). The van der Waals surface area contributed by atoms with Crippen molar-refractivity contribution < 1.29 is 38.2 Å². The number of quaternary nitrogens is 1. The lowest BCUT2D eigenvalue weighted by Gasteiger charge is -2.31. The highest BCUT2D eigenvalue weighted by atomic mass is 16.6. The summed E-state index contributed by atoms with van der Waals surface area (Å²) in [4.78, 5) is 36.7. The summed E-state index contributed by atoms with van der Waals surface area (Å²) >= 11 is 0. The molecule has 0 bridgehead atoms. The van der Waals surface area contributed by atoms with Crippen LogP contribution in [-0.4, -0.2) is 80.6 Å². The largest absolute Gasteiger partial charge is 0.477 e. The van der Waals surface area contributed by atoms with Crippen molar-refractivity contribution in [2.45, 2.75) is 180 Å². The lowest BCUT2D eigenvalue weighted by Crippen LogP contribution is -2.50. The Hall–Kier alpha value is -1.93. The zero-order valence-electron chi connectivity index (χ0n) is 31.2. The molecule has 276 valence electrons. The quantitative estimate of drug-likeness (QED) is 0.0315. The van der Waals surface area contributed by atoms with Crippen molar-refractivity contribution in [1.29, 1.82) is 0 Å². The summed E-state index contributed by atoms with van der Waals surface area (Å²) in [6.07, 6.45) is 29.6. The molecule has 8 nitrogen and oxygen atoms in total. The first-order valence-electron chi connectivity index (χ1n) is 19.2. The number of carbonyl (C=O) groups is 3. The summed E-state index contributed by atoms with van der Waals surface area (Å²) < 4.78 is 17.2. The Labute approximate surface area is 289 Å². The molecule has 0 saturated heterocycles. The second-order valence-corrected chi connectivity index (χ2v) is 14.2. The van der Waals surface area contributed by atoms with Crippen LogP contribution in [-0.2, 0) is 28.6 Å². The van der Waals surface area contributed by atoms with Gasteiger partial charge in [-0.05, 0) is 38.5 Å². The van der Waals surface area contributed by atoms with Crippen LogP contribution in [0.5, 0.6) is 0 Å². The Kier molecular flexibility index (Phi) is 30.1. The molecule has 47 heavy (non-hydrogen) atoms. The van der Waals surface area contributed by atoms with Gasteiger partial charge in [-0.25, -0.2) is 4.79 Å². The number of likely N-dealkylation sites (N-methyl/N-ethyl adjacent to an activating group) is 1. The molecule has 0 spiro atoms. The number of hydrogen-bond acceptors (Lipinski definition) is 6. The number of unbranched alkanes of at least 4 members (excludes halogenated alkanes) is 18. The smallest absolute Gasteiger partial charge is 0.362 e. The SMILES string of the molecule is CCCCCCCC/C=C/CCCCCC(=O)OC(COCCC(C(=O)O)[N+](C)(C)C)COC(=O)CCCCCCCCCCCC. The molecule has 0 heterocycles. The molecule has 0 aromatic rings. The molecule has 0 aromatic carbocycles. The minimum atomic E-state index is -0.877. The Balaban J connectivity index is 4.44. The van der Waals surface area contributed by atoms with Crippen molar-refractivity contribution in [1.82, 2.24) is 0 Å². The van der Waals surface area contributed by atoms with E-state index in [0.717, 1.165) is 51.4 Å². The molecule has 0 saturated carbocycles. The van der Waals surface area contributed by atoms with Crippen LogP contribution in [0.15, 0.2) is 12.2 Å². The van der Waals surface area contributed by atoms with Gasteiger partial charge in [-0.1, -0.05) is 122 Å². The Bertz CT molecular complexity index is 793. The van der Waals surface area contributed by atoms with E-state index in [1.54, 1.807) is 0 Å². The van der Waals surface area contributed by atoms with E-state index in [1.165, 1.54) is 83.5 Å². The van der Waals surface area contributed by atoms with Gasteiger partial charge in [0.2, 0.25) is 0 Å². The number of carboxylic acids is 1. The van der Waals surface area contributed by atoms with Gasteiger partial charge in [-0.15, -0.1) is 0 Å². The number of aliphatic carboxylic acids is 1. The van der Waals surface area contributed by atoms with Gasteiger partial charge in [0.05, 0.1) is 34.4 Å². The van der Waals surface area contributed by atoms with Crippen LogP contribution < -0.4 is 0 Å². The van der Waals surface area contributed by atoms with Gasteiger partial charge >= 0.3 is 17.9 Å². The summed E-state index contributed by atoms with van der Waals surface area (Å²) in [5.41, 5.74) is 0. The highest BCUT2D eigenvalue weighted by Crippen LogP contribution is 2.13. The zero-order chi connectivity index (χ0) is 35.0. The Morgan fingerprint density at radius 3 is 1.55 bits per heavy atom. The first kappa shape index (κ1) is 45.1. The fourth-order valence-electron chi connectivity index (χ4n) is 5.61. The van der Waals surface area contributed by atoms with E-state index < -0.39 is 18.1 Å². The number of ether oxygens (including phenoxy) is 3. The molecule has 2 atom stereocenters. The van der Waals surface area contributed by atoms with E-state index in [-0.39, 0.29) is 36.2 Å². The highest BCUT2D eigenvalue weighted by molar-refractivity contribution is 5.72. The summed E-state index contributed by atoms with van der Waals surface area (Å²) in [5, 5.41) is 9.57.